The Morgan fingerprint density at radius 2 is 1.56 bits per heavy atom. The number of benzene rings is 4. The number of nitrogen functional groups attached to an aromatic ring is 1. The van der Waals surface area contributed by atoms with Crippen LogP contribution in [0.15, 0.2) is 102 Å². The normalized spacial score (nSPS) is 19.1. The average Bonchev–Trinajstić information content (AvgIpc) is 2.76. The molecule has 2 bridgehead atoms. The summed E-state index contributed by atoms with van der Waals surface area (Å²) in [5.41, 5.74) is 9.69. The monoisotopic (exact) mass is 1180 g/mol. The first-order valence-electron chi connectivity index (χ1n) is 28.3. The Balaban J connectivity index is 0.772. The van der Waals surface area contributed by atoms with E-state index in [1.807, 2.05) is 71.3 Å². The number of hydrogen-bond acceptors (Lipinski definition) is 13. The molecule has 9 rings (SSSR count). The molecule has 4 amide bonds. The molecule has 3 atom stereocenters. The number of fused-ring (bicyclic) bond motifs is 5. The minimum atomic E-state index is -1.05. The quantitative estimate of drug-likeness (QED) is 0.0819. The molecular formula is C63H72Cl2FN11O7. The Hall–Kier alpha value is -7.60. The second-order valence-electron chi connectivity index (χ2n) is 22.5. The predicted octanol–water partition coefficient (Wildman–Crippen LogP) is 10.1. The van der Waals surface area contributed by atoms with Gasteiger partial charge in [0.15, 0.2) is 11.6 Å². The number of rotatable bonds is 17. The van der Waals surface area contributed by atoms with Crippen LogP contribution in [0.5, 0.6) is 11.5 Å². The third-order valence-corrected chi connectivity index (χ3v) is 16.5. The van der Waals surface area contributed by atoms with Gasteiger partial charge in [0, 0.05) is 91.2 Å². The summed E-state index contributed by atoms with van der Waals surface area (Å²) in [5, 5.41) is 19.2. The van der Waals surface area contributed by atoms with E-state index >= 15 is 4.79 Å². The first-order chi connectivity index (χ1) is 40.1. The summed E-state index contributed by atoms with van der Waals surface area (Å²) >= 11 is 13.0. The molecule has 3 N–H and O–H groups in total. The van der Waals surface area contributed by atoms with Crippen LogP contribution in [-0.2, 0) is 43.9 Å². The molecule has 3 aliphatic heterocycles. The number of aromatic nitrogens is 3. The number of nitriles is 1. The third kappa shape index (κ3) is 12.7. The standard InChI is InChI=1S/C63H72Cl2FN11O7/c1-9-83-53-35-44(61(3,4)5)14-20-49(53)58-71-62(6,42-10-15-45(64)16-11-42)63(7,43-12-17-46(65)18-13-43)77(58)60(80)75-27-25-74(26-28-75)29-31-82-33-32-81-30-22-55(78)69-23-24-76-52(37-67)56-41-34-54(57(68)70-38-41)84-40(2)50-36-47(66)19-21-48(50)59(79)73(8)39-51(56)72-76/h10-21,34-36,38,40H,9,22-33,39H2,1-8H3,(H2,68,70)(H,69,78)/t40-,62-,63+/m1/s1. The summed E-state index contributed by atoms with van der Waals surface area (Å²) in [7, 11) is 1.60. The van der Waals surface area contributed by atoms with Crippen LogP contribution in [0, 0.1) is 17.1 Å². The van der Waals surface area contributed by atoms with Crippen LogP contribution >= 0.6 is 23.2 Å². The average molecular weight is 1190 g/mol. The number of hydrogen-bond donors (Lipinski definition) is 2. The number of anilines is 1. The van der Waals surface area contributed by atoms with Gasteiger partial charge in [-0.15, -0.1) is 0 Å². The molecule has 0 saturated carbocycles. The molecule has 0 radical (unpaired) electrons. The zero-order valence-electron chi connectivity index (χ0n) is 48.8. The predicted molar refractivity (Wildman–Crippen MR) is 321 cm³/mol. The van der Waals surface area contributed by atoms with Crippen molar-refractivity contribution in [2.45, 2.75) is 90.6 Å². The maximum atomic E-state index is 15.5. The van der Waals surface area contributed by atoms with Gasteiger partial charge in [-0.3, -0.25) is 29.1 Å². The van der Waals surface area contributed by atoms with E-state index < -0.39 is 28.9 Å². The number of amides is 4. The summed E-state index contributed by atoms with van der Waals surface area (Å²) in [6, 6.07) is 29.1. The van der Waals surface area contributed by atoms with E-state index in [1.54, 1.807) is 20.0 Å². The van der Waals surface area contributed by atoms with Crippen LogP contribution < -0.4 is 20.5 Å². The molecule has 84 heavy (non-hydrogen) atoms. The van der Waals surface area contributed by atoms with E-state index in [1.165, 1.54) is 34.0 Å². The van der Waals surface area contributed by atoms with E-state index in [4.69, 9.17) is 58.0 Å². The van der Waals surface area contributed by atoms with Gasteiger partial charge in [0.05, 0.1) is 57.4 Å². The number of nitrogens with two attached hydrogens (primary N) is 1. The highest BCUT2D eigenvalue weighted by Crippen LogP contribution is 2.54. The minimum Gasteiger partial charge on any atom is -0.493 e. The maximum Gasteiger partial charge on any atom is 0.326 e. The molecule has 442 valence electrons. The molecule has 0 unspecified atom stereocenters. The van der Waals surface area contributed by atoms with Crippen molar-refractivity contribution >= 4 is 52.7 Å². The third-order valence-electron chi connectivity index (χ3n) is 16.0. The van der Waals surface area contributed by atoms with Crippen LogP contribution in [0.25, 0.3) is 11.1 Å². The van der Waals surface area contributed by atoms with E-state index in [9.17, 15) is 19.2 Å². The van der Waals surface area contributed by atoms with E-state index in [-0.39, 0.29) is 79.4 Å². The molecular weight excluding hydrogens is 1110 g/mol. The Labute approximate surface area is 500 Å². The Morgan fingerprint density at radius 3 is 2.23 bits per heavy atom. The fourth-order valence-corrected chi connectivity index (χ4v) is 11.3. The number of ether oxygens (including phenoxy) is 4. The molecule has 3 aliphatic rings. The molecule has 21 heteroatoms. The van der Waals surface area contributed by atoms with E-state index in [2.05, 4.69) is 68.0 Å². The fourth-order valence-electron chi connectivity index (χ4n) is 11.1. The van der Waals surface area contributed by atoms with Crippen LogP contribution in [0.2, 0.25) is 10.0 Å². The summed E-state index contributed by atoms with van der Waals surface area (Å²) < 4.78 is 40.2. The lowest BCUT2D eigenvalue weighted by Crippen LogP contribution is -2.60. The number of amidine groups is 1. The number of piperazine rings is 1. The molecule has 1 saturated heterocycles. The van der Waals surface area contributed by atoms with Gasteiger partial charge in [-0.2, -0.15) is 10.4 Å². The molecule has 2 aromatic heterocycles. The maximum absolute atomic E-state index is 15.5. The van der Waals surface area contributed by atoms with Gasteiger partial charge in [-0.1, -0.05) is 74.3 Å². The van der Waals surface area contributed by atoms with Gasteiger partial charge in [0.25, 0.3) is 5.91 Å². The molecule has 1 fully saturated rings. The van der Waals surface area contributed by atoms with Crippen LogP contribution in [0.1, 0.15) is 111 Å². The molecule has 0 aliphatic carbocycles. The second-order valence-corrected chi connectivity index (χ2v) is 23.4. The lowest BCUT2D eigenvalue weighted by molar-refractivity contribution is -0.122. The molecule has 18 nitrogen and oxygen atoms in total. The van der Waals surface area contributed by atoms with Crippen molar-refractivity contribution < 1.29 is 37.7 Å². The van der Waals surface area contributed by atoms with Gasteiger partial charge in [-0.05, 0) is 110 Å². The highest BCUT2D eigenvalue weighted by atomic mass is 35.5. The number of urea groups is 1. The molecule has 4 aromatic carbocycles. The van der Waals surface area contributed by atoms with Gasteiger partial charge >= 0.3 is 6.03 Å². The zero-order valence-corrected chi connectivity index (χ0v) is 50.3. The first kappa shape index (κ1) is 61.0. The largest absolute Gasteiger partial charge is 0.493 e. The highest BCUT2D eigenvalue weighted by Gasteiger charge is 2.60. The number of halogens is 3. The molecule has 0 spiro atoms. The van der Waals surface area contributed by atoms with Gasteiger partial charge < -0.3 is 39.8 Å². The summed E-state index contributed by atoms with van der Waals surface area (Å²) in [4.78, 5) is 59.6. The number of carbonyl (C=O) groups excluding carboxylic acids is 3. The van der Waals surface area contributed by atoms with E-state index in [0.29, 0.717) is 96.6 Å². The lowest BCUT2D eigenvalue weighted by Gasteiger charge is -2.47. The molecule has 6 aromatic rings. The van der Waals surface area contributed by atoms with Gasteiger partial charge in [-0.25, -0.2) is 14.2 Å². The highest BCUT2D eigenvalue weighted by molar-refractivity contribution is 6.30. The smallest absolute Gasteiger partial charge is 0.326 e. The van der Waals surface area contributed by atoms with Crippen LogP contribution in [-0.4, -0.2) is 137 Å². The number of pyridine rings is 1. The van der Waals surface area contributed by atoms with Crippen molar-refractivity contribution in [3.8, 4) is 28.7 Å². The first-order valence-corrected chi connectivity index (χ1v) is 29.0. The second kappa shape index (κ2) is 25.7. The van der Waals surface area contributed by atoms with Crippen LogP contribution in [0.3, 0.4) is 0 Å². The summed E-state index contributed by atoms with van der Waals surface area (Å²) in [5.74, 6) is 0.264. The zero-order chi connectivity index (χ0) is 60.1. The van der Waals surface area contributed by atoms with Crippen molar-refractivity contribution in [2.24, 2.45) is 4.99 Å². The SMILES string of the molecule is CCOc1cc(C(C)(C)C)ccc1C1=N[C@](C)(c2ccc(Cl)cc2)[C@](C)(c2ccc(Cl)cc2)N1C(=O)N1CCN(CCOCCOCCC(=O)NCCn2nc3c(c2C#N)-c2cnc(N)c(c2)O[C@H](C)c2cc(F)ccc2C(=O)N(C)C3)CC1. The van der Waals surface area contributed by atoms with Crippen molar-refractivity contribution in [3.05, 3.63) is 158 Å². The Bertz CT molecular complexity index is 3470. The minimum absolute atomic E-state index is 0.00970. The van der Waals surface area contributed by atoms with Crippen molar-refractivity contribution in [1.29, 1.82) is 5.26 Å². The topological polar surface area (TPSA) is 206 Å². The number of nitrogens with zero attached hydrogens (tertiary/aromatic N) is 9. The lowest BCUT2D eigenvalue weighted by atomic mass is 9.71. The van der Waals surface area contributed by atoms with Crippen molar-refractivity contribution in [3.63, 3.8) is 0 Å². The van der Waals surface area contributed by atoms with E-state index in [0.717, 1.165) is 22.3 Å². The Kier molecular flexibility index (Phi) is 18.7. The molecule has 5 heterocycles. The number of nitrogens with one attached hydrogen (secondary N) is 1. The summed E-state index contributed by atoms with van der Waals surface area (Å²) in [6.45, 7) is 19.1. The number of carbonyl (C=O) groups is 3. The van der Waals surface area contributed by atoms with Gasteiger partial charge in [0.1, 0.15) is 46.3 Å². The van der Waals surface area contributed by atoms with Gasteiger partial charge in [0.2, 0.25) is 5.91 Å². The van der Waals surface area contributed by atoms with Crippen molar-refractivity contribution in [2.75, 3.05) is 85.1 Å². The fraction of sp³-hybridized carbons (Fsp3) is 0.413. The Morgan fingerprint density at radius 1 is 0.893 bits per heavy atom. The number of aliphatic imine (C=N–C) groups is 1. The van der Waals surface area contributed by atoms with Crippen molar-refractivity contribution in [1.82, 2.24) is 39.7 Å². The van der Waals surface area contributed by atoms with Crippen LogP contribution in [0.4, 0.5) is 15.0 Å². The summed E-state index contributed by atoms with van der Waals surface area (Å²) in [6.07, 6.45) is 0.832.